The number of ether oxygens (including phenoxy) is 1. The summed E-state index contributed by atoms with van der Waals surface area (Å²) < 4.78 is 7.55. The fourth-order valence-electron chi connectivity index (χ4n) is 6.14. The molecule has 1 aromatic heterocycles. The molecule has 0 amide bonds. The fourth-order valence-corrected chi connectivity index (χ4v) is 6.14. The topological polar surface area (TPSA) is 80.0 Å². The number of methoxy groups -OCH3 is 1. The van der Waals surface area contributed by atoms with Crippen molar-refractivity contribution < 1.29 is 14.6 Å². The van der Waals surface area contributed by atoms with E-state index in [9.17, 15) is 9.90 Å². The van der Waals surface area contributed by atoms with E-state index in [2.05, 4.69) is 33.7 Å². The van der Waals surface area contributed by atoms with E-state index in [0.29, 0.717) is 18.0 Å². The second kappa shape index (κ2) is 9.11. The summed E-state index contributed by atoms with van der Waals surface area (Å²) in [6.07, 6.45) is 11.7. The van der Waals surface area contributed by atoms with Gasteiger partial charge in [-0.2, -0.15) is 0 Å². The second-order valence-electron chi connectivity index (χ2n) is 10.1. The van der Waals surface area contributed by atoms with Crippen molar-refractivity contribution in [2.45, 2.75) is 51.0 Å². The minimum absolute atomic E-state index is 0.158. The SMILES string of the molecule is COC(=O)c1c(N2CC[C@H](CO)C2)cc(-c2ccc3c(c2)ncn3C2CCCCC2)c2c1CC=N2. The van der Waals surface area contributed by atoms with Gasteiger partial charge < -0.3 is 19.3 Å². The largest absolute Gasteiger partial charge is 0.465 e. The zero-order valence-corrected chi connectivity index (χ0v) is 20.2. The smallest absolute Gasteiger partial charge is 0.340 e. The Bertz CT molecular complexity index is 1310. The van der Waals surface area contributed by atoms with Crippen molar-refractivity contribution in [1.82, 2.24) is 9.55 Å². The molecule has 2 fully saturated rings. The Hall–Kier alpha value is -3.19. The number of hydrogen-bond acceptors (Lipinski definition) is 6. The first-order valence-electron chi connectivity index (χ1n) is 12.8. The molecular formula is C28H32N4O3. The fraction of sp³-hybridized carbons (Fsp3) is 0.464. The molecular weight excluding hydrogens is 440 g/mol. The Morgan fingerprint density at radius 3 is 2.80 bits per heavy atom. The highest BCUT2D eigenvalue weighted by atomic mass is 16.5. The number of carbonyl (C=O) groups excluding carboxylic acids is 1. The molecule has 0 unspecified atom stereocenters. The number of nitrogens with zero attached hydrogens (tertiary/aromatic N) is 4. The van der Waals surface area contributed by atoms with Crippen LogP contribution >= 0.6 is 0 Å². The van der Waals surface area contributed by atoms with Crippen molar-refractivity contribution >= 4 is 34.6 Å². The van der Waals surface area contributed by atoms with Crippen LogP contribution in [0, 0.1) is 5.92 Å². The third-order valence-electron chi connectivity index (χ3n) is 8.02. The summed E-state index contributed by atoms with van der Waals surface area (Å²) in [4.78, 5) is 24.6. The van der Waals surface area contributed by atoms with E-state index < -0.39 is 0 Å². The Morgan fingerprint density at radius 1 is 1.17 bits per heavy atom. The summed E-state index contributed by atoms with van der Waals surface area (Å²) >= 11 is 0. The number of benzene rings is 2. The molecule has 1 saturated carbocycles. The van der Waals surface area contributed by atoms with Crippen molar-refractivity contribution in [1.29, 1.82) is 0 Å². The first-order chi connectivity index (χ1) is 17.2. The number of aliphatic imine (C=N–C) groups is 1. The average Bonchev–Trinajstić information content (AvgIpc) is 3.66. The van der Waals surface area contributed by atoms with E-state index in [-0.39, 0.29) is 18.5 Å². The van der Waals surface area contributed by atoms with Crippen molar-refractivity contribution in [3.63, 3.8) is 0 Å². The van der Waals surface area contributed by atoms with Gasteiger partial charge in [-0.05, 0) is 43.0 Å². The normalized spacial score (nSPS) is 20.1. The van der Waals surface area contributed by atoms with Crippen LogP contribution in [0.1, 0.15) is 60.5 Å². The van der Waals surface area contributed by atoms with Gasteiger partial charge in [-0.25, -0.2) is 9.78 Å². The van der Waals surface area contributed by atoms with Crippen LogP contribution in [0.4, 0.5) is 11.4 Å². The molecule has 3 aliphatic rings. The van der Waals surface area contributed by atoms with Crippen LogP contribution in [-0.4, -0.2) is 53.6 Å². The first-order valence-corrected chi connectivity index (χ1v) is 12.8. The molecule has 182 valence electrons. The van der Waals surface area contributed by atoms with Crippen LogP contribution in [0.2, 0.25) is 0 Å². The molecule has 1 N–H and O–H groups in total. The van der Waals surface area contributed by atoms with Gasteiger partial charge in [0.05, 0.1) is 41.4 Å². The monoisotopic (exact) mass is 472 g/mol. The summed E-state index contributed by atoms with van der Waals surface area (Å²) in [5.74, 6) is -0.115. The Kier molecular flexibility index (Phi) is 5.80. The van der Waals surface area contributed by atoms with Gasteiger partial charge in [0, 0.05) is 55.4 Å². The van der Waals surface area contributed by atoms with Crippen LogP contribution in [-0.2, 0) is 11.2 Å². The van der Waals surface area contributed by atoms with E-state index in [1.54, 1.807) is 0 Å². The number of anilines is 1. The van der Waals surface area contributed by atoms with E-state index in [1.165, 1.54) is 44.7 Å². The summed E-state index contributed by atoms with van der Waals surface area (Å²) in [5.41, 5.74) is 7.48. The average molecular weight is 473 g/mol. The highest BCUT2D eigenvalue weighted by Crippen LogP contribution is 2.45. The lowest BCUT2D eigenvalue weighted by Gasteiger charge is -2.25. The number of esters is 1. The zero-order chi connectivity index (χ0) is 23.9. The number of fused-ring (bicyclic) bond motifs is 2. The molecule has 1 atom stereocenters. The Labute approximate surface area is 205 Å². The summed E-state index contributed by atoms with van der Waals surface area (Å²) in [5, 5.41) is 9.69. The molecule has 7 nitrogen and oxygen atoms in total. The minimum Gasteiger partial charge on any atom is -0.465 e. The van der Waals surface area contributed by atoms with Crippen LogP contribution in [0.3, 0.4) is 0 Å². The maximum Gasteiger partial charge on any atom is 0.340 e. The molecule has 7 heteroatoms. The van der Waals surface area contributed by atoms with Crippen LogP contribution in [0.15, 0.2) is 35.6 Å². The van der Waals surface area contributed by atoms with E-state index in [4.69, 9.17) is 14.7 Å². The number of rotatable bonds is 5. The number of hydrogen-bond donors (Lipinski definition) is 1. The molecule has 0 bridgehead atoms. The summed E-state index contributed by atoms with van der Waals surface area (Å²) in [6, 6.07) is 9.12. The molecule has 3 aromatic rings. The number of aliphatic hydroxyl groups excluding tert-OH is 1. The van der Waals surface area contributed by atoms with E-state index in [0.717, 1.165) is 53.1 Å². The maximum absolute atomic E-state index is 12.9. The number of aliphatic hydroxyl groups is 1. The van der Waals surface area contributed by atoms with Gasteiger partial charge in [-0.15, -0.1) is 0 Å². The molecule has 1 aliphatic carbocycles. The van der Waals surface area contributed by atoms with Crippen LogP contribution in [0.5, 0.6) is 0 Å². The third-order valence-corrected chi connectivity index (χ3v) is 8.02. The molecule has 0 radical (unpaired) electrons. The molecule has 2 aromatic carbocycles. The molecule has 3 heterocycles. The van der Waals surface area contributed by atoms with Crippen LogP contribution in [0.25, 0.3) is 22.2 Å². The lowest BCUT2D eigenvalue weighted by molar-refractivity contribution is 0.0600. The van der Waals surface area contributed by atoms with Crippen LogP contribution < -0.4 is 4.90 Å². The highest BCUT2D eigenvalue weighted by Gasteiger charge is 2.31. The van der Waals surface area contributed by atoms with Crippen molar-refractivity contribution in [3.8, 4) is 11.1 Å². The number of carbonyl (C=O) groups is 1. The predicted octanol–water partition coefficient (Wildman–Crippen LogP) is 5.07. The summed E-state index contributed by atoms with van der Waals surface area (Å²) in [6.45, 7) is 1.69. The van der Waals surface area contributed by atoms with Crippen molar-refractivity contribution in [2.75, 3.05) is 31.7 Å². The van der Waals surface area contributed by atoms with E-state index >= 15 is 0 Å². The molecule has 0 spiro atoms. The highest BCUT2D eigenvalue weighted by molar-refractivity contribution is 6.05. The predicted molar refractivity (Wildman–Crippen MR) is 138 cm³/mol. The lowest BCUT2D eigenvalue weighted by Crippen LogP contribution is -2.24. The number of aromatic nitrogens is 2. The van der Waals surface area contributed by atoms with E-state index in [1.807, 2.05) is 12.5 Å². The molecule has 6 rings (SSSR count). The van der Waals surface area contributed by atoms with Crippen molar-refractivity contribution in [2.24, 2.45) is 10.9 Å². The summed E-state index contributed by atoms with van der Waals surface area (Å²) in [7, 11) is 1.43. The van der Waals surface area contributed by atoms with Crippen molar-refractivity contribution in [3.05, 3.63) is 41.7 Å². The van der Waals surface area contributed by atoms with Gasteiger partial charge >= 0.3 is 5.97 Å². The lowest BCUT2D eigenvalue weighted by atomic mass is 9.93. The molecule has 2 aliphatic heterocycles. The van der Waals surface area contributed by atoms with Gasteiger partial charge in [0.2, 0.25) is 0 Å². The van der Waals surface area contributed by atoms with Gasteiger partial charge in [-0.1, -0.05) is 25.3 Å². The standard InChI is InChI=1S/C28H32N4O3/c1-35-28(34)26-21-9-11-29-27(21)22(14-25(26)31-12-10-18(15-31)16-33)19-7-8-24-23(13-19)30-17-32(24)20-5-3-2-4-6-20/h7-8,11,13-14,17-18,20,33H,2-6,9-10,12,15-16H2,1H3/t18-/m0/s1. The Balaban J connectivity index is 1.46. The quantitative estimate of drug-likeness (QED) is 0.525. The van der Waals surface area contributed by atoms with Gasteiger partial charge in [-0.3, -0.25) is 4.99 Å². The first kappa shape index (κ1) is 22.3. The van der Waals surface area contributed by atoms with Gasteiger partial charge in [0.15, 0.2) is 0 Å². The molecule has 1 saturated heterocycles. The van der Waals surface area contributed by atoms with Gasteiger partial charge in [0.25, 0.3) is 0 Å². The van der Waals surface area contributed by atoms with Gasteiger partial charge in [0.1, 0.15) is 0 Å². The minimum atomic E-state index is -0.331. The zero-order valence-electron chi connectivity index (χ0n) is 20.2. The molecule has 35 heavy (non-hydrogen) atoms. The maximum atomic E-state index is 12.9. The third kappa shape index (κ3) is 3.82. The second-order valence-corrected chi connectivity index (χ2v) is 10.1. The number of imidazole rings is 1. The Morgan fingerprint density at radius 2 is 2.03 bits per heavy atom.